The third kappa shape index (κ3) is 3.20. The van der Waals surface area contributed by atoms with Crippen LogP contribution in [0.3, 0.4) is 0 Å². The topological polar surface area (TPSA) is 24.9 Å². The van der Waals surface area contributed by atoms with Gasteiger partial charge < -0.3 is 5.32 Å². The van der Waals surface area contributed by atoms with Gasteiger partial charge in [-0.15, -0.1) is 0 Å². The Hall–Kier alpha value is -1.57. The number of rotatable bonds is 3. The fourth-order valence-corrected chi connectivity index (χ4v) is 3.55. The lowest BCUT2D eigenvalue weighted by atomic mass is 9.79. The molecule has 112 valence electrons. The first-order valence-corrected chi connectivity index (χ1v) is 8.26. The number of anilines is 1. The van der Waals surface area contributed by atoms with Crippen molar-refractivity contribution in [2.75, 3.05) is 5.32 Å². The summed E-state index contributed by atoms with van der Waals surface area (Å²) >= 11 is 0. The van der Waals surface area contributed by atoms with Crippen molar-refractivity contribution in [3.05, 3.63) is 36.0 Å². The normalized spacial score (nSPS) is 22.7. The van der Waals surface area contributed by atoms with Gasteiger partial charge in [-0.3, -0.25) is 4.98 Å². The number of pyridine rings is 1. The van der Waals surface area contributed by atoms with Gasteiger partial charge in [-0.25, -0.2) is 0 Å². The zero-order chi connectivity index (χ0) is 14.8. The average Bonchev–Trinajstić information content (AvgIpc) is 2.48. The van der Waals surface area contributed by atoms with Crippen LogP contribution in [-0.2, 0) is 0 Å². The van der Waals surface area contributed by atoms with Crippen LogP contribution in [0, 0.1) is 18.8 Å². The van der Waals surface area contributed by atoms with Gasteiger partial charge in [0.25, 0.3) is 0 Å². The highest BCUT2D eigenvalue weighted by Crippen LogP contribution is 2.32. The van der Waals surface area contributed by atoms with Crippen LogP contribution in [0.2, 0.25) is 0 Å². The molecule has 2 aromatic rings. The summed E-state index contributed by atoms with van der Waals surface area (Å²) in [6.45, 7) is 6.78. The van der Waals surface area contributed by atoms with Gasteiger partial charge in [0.05, 0.1) is 11.2 Å². The molecular weight excluding hydrogens is 256 g/mol. The maximum atomic E-state index is 4.73. The van der Waals surface area contributed by atoms with E-state index < -0.39 is 0 Å². The van der Waals surface area contributed by atoms with Crippen LogP contribution in [-0.4, -0.2) is 11.0 Å². The fourth-order valence-electron chi connectivity index (χ4n) is 3.55. The molecule has 0 spiro atoms. The van der Waals surface area contributed by atoms with E-state index in [2.05, 4.69) is 56.4 Å². The highest BCUT2D eigenvalue weighted by Gasteiger charge is 2.24. The molecule has 1 saturated carbocycles. The number of nitrogens with one attached hydrogen (secondary N) is 1. The molecule has 2 nitrogen and oxygen atoms in total. The Bertz CT molecular complexity index is 618. The quantitative estimate of drug-likeness (QED) is 0.840. The second kappa shape index (κ2) is 6.05. The van der Waals surface area contributed by atoms with Crippen LogP contribution in [0.4, 0.5) is 5.69 Å². The maximum Gasteiger partial charge on any atom is 0.0936 e. The molecule has 0 aliphatic heterocycles. The number of nitrogens with zero attached hydrogens (tertiary/aromatic N) is 1. The van der Waals surface area contributed by atoms with Crippen molar-refractivity contribution in [3.8, 4) is 0 Å². The van der Waals surface area contributed by atoms with E-state index in [-0.39, 0.29) is 0 Å². The molecule has 2 atom stereocenters. The summed E-state index contributed by atoms with van der Waals surface area (Å²) in [4.78, 5) is 4.73. The molecule has 2 unspecified atom stereocenters. The minimum absolute atomic E-state index is 0.596. The van der Waals surface area contributed by atoms with E-state index in [0.717, 1.165) is 23.0 Å². The van der Waals surface area contributed by atoms with E-state index in [4.69, 9.17) is 4.98 Å². The molecule has 0 saturated heterocycles. The first kappa shape index (κ1) is 14.4. The molecule has 0 radical (unpaired) electrons. The predicted molar refractivity (Wildman–Crippen MR) is 90.7 cm³/mol. The van der Waals surface area contributed by atoms with Gasteiger partial charge in [0.1, 0.15) is 0 Å². The van der Waals surface area contributed by atoms with Crippen LogP contribution >= 0.6 is 0 Å². The second-order valence-corrected chi connectivity index (χ2v) is 6.84. The lowest BCUT2D eigenvalue weighted by Crippen LogP contribution is -2.29. The summed E-state index contributed by atoms with van der Waals surface area (Å²) in [6, 6.07) is 11.3. The van der Waals surface area contributed by atoms with Gasteiger partial charge in [-0.1, -0.05) is 44.9 Å². The van der Waals surface area contributed by atoms with E-state index >= 15 is 0 Å². The molecule has 1 aliphatic carbocycles. The van der Waals surface area contributed by atoms with Crippen molar-refractivity contribution < 1.29 is 0 Å². The van der Waals surface area contributed by atoms with E-state index in [9.17, 15) is 0 Å². The van der Waals surface area contributed by atoms with E-state index in [1.165, 1.54) is 36.8 Å². The molecule has 1 N–H and O–H groups in total. The molecule has 0 amide bonds. The van der Waals surface area contributed by atoms with Gasteiger partial charge in [-0.05, 0) is 43.7 Å². The summed E-state index contributed by atoms with van der Waals surface area (Å²) in [5, 5.41) is 5.00. The number of benzene rings is 1. The number of aromatic nitrogens is 1. The SMILES string of the molecule is Cc1ccc2cccc(NC3CCCC(C(C)C)C3)c2n1. The highest BCUT2D eigenvalue weighted by molar-refractivity contribution is 5.90. The molecule has 3 rings (SSSR count). The van der Waals surface area contributed by atoms with Crippen LogP contribution in [0.5, 0.6) is 0 Å². The average molecular weight is 282 g/mol. The minimum Gasteiger partial charge on any atom is -0.381 e. The Morgan fingerprint density at radius 3 is 2.81 bits per heavy atom. The third-order valence-corrected chi connectivity index (χ3v) is 4.88. The zero-order valence-electron chi connectivity index (χ0n) is 13.4. The van der Waals surface area contributed by atoms with Crippen LogP contribution in [0.25, 0.3) is 10.9 Å². The summed E-state index contributed by atoms with van der Waals surface area (Å²) in [7, 11) is 0. The smallest absolute Gasteiger partial charge is 0.0936 e. The lowest BCUT2D eigenvalue weighted by Gasteiger charge is -2.32. The fraction of sp³-hybridized carbons (Fsp3) is 0.526. The number of hydrogen-bond acceptors (Lipinski definition) is 2. The standard InChI is InChI=1S/C19H26N2/c1-13(2)16-7-4-8-17(12-16)21-18-9-5-6-15-11-10-14(3)20-19(15)18/h5-6,9-11,13,16-17,21H,4,7-8,12H2,1-3H3. The Morgan fingerprint density at radius 2 is 2.00 bits per heavy atom. The number of aryl methyl sites for hydroxylation is 1. The maximum absolute atomic E-state index is 4.73. The zero-order valence-corrected chi connectivity index (χ0v) is 13.4. The number of fused-ring (bicyclic) bond motifs is 1. The molecule has 0 bridgehead atoms. The first-order valence-electron chi connectivity index (χ1n) is 8.26. The van der Waals surface area contributed by atoms with E-state index in [1.54, 1.807) is 0 Å². The summed E-state index contributed by atoms with van der Waals surface area (Å²) < 4.78 is 0. The molecule has 1 heterocycles. The molecule has 1 aliphatic rings. The molecule has 1 fully saturated rings. The van der Waals surface area contributed by atoms with Gasteiger partial charge >= 0.3 is 0 Å². The first-order chi connectivity index (χ1) is 10.1. The molecule has 21 heavy (non-hydrogen) atoms. The van der Waals surface area contributed by atoms with Crippen LogP contribution < -0.4 is 5.32 Å². The van der Waals surface area contributed by atoms with Crippen molar-refractivity contribution in [2.24, 2.45) is 11.8 Å². The van der Waals surface area contributed by atoms with E-state index in [1.807, 2.05) is 0 Å². The lowest BCUT2D eigenvalue weighted by molar-refractivity contribution is 0.264. The highest BCUT2D eigenvalue weighted by atomic mass is 14.9. The number of para-hydroxylation sites is 1. The van der Waals surface area contributed by atoms with Gasteiger partial charge in [0, 0.05) is 17.1 Å². The monoisotopic (exact) mass is 282 g/mol. The predicted octanol–water partition coefficient (Wildman–Crippen LogP) is 5.17. The van der Waals surface area contributed by atoms with Gasteiger partial charge in [-0.2, -0.15) is 0 Å². The second-order valence-electron chi connectivity index (χ2n) is 6.84. The van der Waals surface area contributed by atoms with E-state index in [0.29, 0.717) is 6.04 Å². The Morgan fingerprint density at radius 1 is 1.14 bits per heavy atom. The van der Waals surface area contributed by atoms with Gasteiger partial charge in [0.2, 0.25) is 0 Å². The van der Waals surface area contributed by atoms with Crippen LogP contribution in [0.1, 0.15) is 45.2 Å². The molecule has 1 aromatic carbocycles. The van der Waals surface area contributed by atoms with Gasteiger partial charge in [0.15, 0.2) is 0 Å². The molecule has 1 aromatic heterocycles. The van der Waals surface area contributed by atoms with Crippen molar-refractivity contribution in [1.29, 1.82) is 0 Å². The third-order valence-electron chi connectivity index (χ3n) is 4.88. The number of hydrogen-bond donors (Lipinski definition) is 1. The molecule has 2 heteroatoms. The largest absolute Gasteiger partial charge is 0.381 e. The van der Waals surface area contributed by atoms with Crippen molar-refractivity contribution in [1.82, 2.24) is 4.98 Å². The van der Waals surface area contributed by atoms with Crippen molar-refractivity contribution in [3.63, 3.8) is 0 Å². The minimum atomic E-state index is 0.596. The Labute approximate surface area is 128 Å². The molecular formula is C19H26N2. The summed E-state index contributed by atoms with van der Waals surface area (Å²) in [6.07, 6.45) is 5.31. The van der Waals surface area contributed by atoms with Crippen molar-refractivity contribution >= 4 is 16.6 Å². The van der Waals surface area contributed by atoms with Crippen LogP contribution in [0.15, 0.2) is 30.3 Å². The Kier molecular flexibility index (Phi) is 4.14. The summed E-state index contributed by atoms with van der Waals surface area (Å²) in [5.74, 6) is 1.66. The summed E-state index contributed by atoms with van der Waals surface area (Å²) in [5.41, 5.74) is 3.40. The Balaban J connectivity index is 1.83. The van der Waals surface area contributed by atoms with Crippen molar-refractivity contribution in [2.45, 2.75) is 52.5 Å².